The van der Waals surface area contributed by atoms with Crippen LogP contribution in [0.4, 0.5) is 4.39 Å². The fraction of sp³-hybridized carbons (Fsp3) is 0.647. The molecule has 0 amide bonds. The molecule has 2 N–H and O–H groups in total. The molecule has 0 aromatic heterocycles. The molecule has 2 aliphatic rings. The number of rotatable bonds is 3. The van der Waals surface area contributed by atoms with Gasteiger partial charge in [0.05, 0.1) is 5.60 Å². The highest BCUT2D eigenvalue weighted by Gasteiger charge is 2.52. The Morgan fingerprint density at radius 3 is 2.73 bits per heavy atom. The van der Waals surface area contributed by atoms with Crippen LogP contribution in [0.5, 0.6) is 5.75 Å². The Hall–Kier alpha value is -0.840. The number of phenolic OH excluding ortho intramolecular Hbond substituents is 1. The summed E-state index contributed by atoms with van der Waals surface area (Å²) in [6.45, 7) is 0.739. The number of aliphatic hydroxyl groups is 1. The van der Waals surface area contributed by atoms with Crippen LogP contribution >= 0.6 is 12.4 Å². The molecule has 0 spiro atoms. The van der Waals surface area contributed by atoms with Gasteiger partial charge in [-0.2, -0.15) is 0 Å². The third kappa shape index (κ3) is 2.97. The molecule has 4 atom stereocenters. The molecule has 2 aliphatic carbocycles. The van der Waals surface area contributed by atoms with Crippen LogP contribution in [0.2, 0.25) is 0 Å². The predicted molar refractivity (Wildman–Crippen MR) is 86.7 cm³/mol. The molecule has 0 saturated heterocycles. The topological polar surface area (TPSA) is 43.7 Å². The smallest absolute Gasteiger partial charge is 0.129 e. The molecular weight excluding hydrogens is 305 g/mol. The van der Waals surface area contributed by atoms with E-state index in [0.717, 1.165) is 25.8 Å². The maximum absolute atomic E-state index is 14.3. The van der Waals surface area contributed by atoms with Gasteiger partial charge in [-0.15, -0.1) is 12.4 Å². The first-order chi connectivity index (χ1) is 9.90. The number of aromatic hydroxyl groups is 1. The average Bonchev–Trinajstić information content (AvgIpc) is 2.81. The molecular formula is C17H25ClFNO2. The van der Waals surface area contributed by atoms with Crippen LogP contribution in [0.25, 0.3) is 0 Å². The van der Waals surface area contributed by atoms with Gasteiger partial charge in [0.15, 0.2) is 0 Å². The van der Waals surface area contributed by atoms with E-state index >= 15 is 0 Å². The molecule has 124 valence electrons. The van der Waals surface area contributed by atoms with Crippen LogP contribution in [-0.2, 0) is 5.60 Å². The lowest BCUT2D eigenvalue weighted by molar-refractivity contribution is -0.0913. The van der Waals surface area contributed by atoms with Gasteiger partial charge < -0.3 is 15.1 Å². The summed E-state index contributed by atoms with van der Waals surface area (Å²) < 4.78 is 14.3. The zero-order valence-corrected chi connectivity index (χ0v) is 13.9. The van der Waals surface area contributed by atoms with Gasteiger partial charge in [-0.3, -0.25) is 0 Å². The van der Waals surface area contributed by atoms with Crippen molar-refractivity contribution in [1.82, 2.24) is 4.90 Å². The number of hydrogen-bond acceptors (Lipinski definition) is 3. The number of nitrogens with zero attached hydrogens (tertiary/aromatic N) is 1. The van der Waals surface area contributed by atoms with E-state index in [2.05, 4.69) is 4.90 Å². The van der Waals surface area contributed by atoms with Gasteiger partial charge in [0, 0.05) is 18.0 Å². The first kappa shape index (κ1) is 17.5. The zero-order valence-electron chi connectivity index (χ0n) is 13.1. The Morgan fingerprint density at radius 1 is 1.32 bits per heavy atom. The van der Waals surface area contributed by atoms with Crippen molar-refractivity contribution in [2.24, 2.45) is 17.8 Å². The number of phenols is 1. The van der Waals surface area contributed by atoms with E-state index in [4.69, 9.17) is 0 Å². The second kappa shape index (κ2) is 6.34. The summed E-state index contributed by atoms with van der Waals surface area (Å²) in [5, 5.41) is 21.1. The van der Waals surface area contributed by atoms with E-state index in [-0.39, 0.29) is 29.6 Å². The van der Waals surface area contributed by atoms with Crippen molar-refractivity contribution in [2.45, 2.75) is 31.3 Å². The van der Waals surface area contributed by atoms with Crippen molar-refractivity contribution >= 4 is 12.4 Å². The number of halogens is 2. The molecule has 3 nitrogen and oxygen atoms in total. The van der Waals surface area contributed by atoms with Crippen LogP contribution in [0.15, 0.2) is 18.2 Å². The second-order valence-corrected chi connectivity index (χ2v) is 7.10. The maximum atomic E-state index is 14.3. The van der Waals surface area contributed by atoms with Gasteiger partial charge in [-0.1, -0.05) is 6.42 Å². The highest BCUT2D eigenvalue weighted by atomic mass is 35.5. The van der Waals surface area contributed by atoms with Crippen molar-refractivity contribution in [3.63, 3.8) is 0 Å². The highest BCUT2D eigenvalue weighted by molar-refractivity contribution is 5.85. The Morgan fingerprint density at radius 2 is 2.05 bits per heavy atom. The largest absolute Gasteiger partial charge is 0.508 e. The van der Waals surface area contributed by atoms with E-state index in [9.17, 15) is 14.6 Å². The second-order valence-electron chi connectivity index (χ2n) is 7.10. The molecule has 2 bridgehead atoms. The van der Waals surface area contributed by atoms with Gasteiger partial charge in [0.25, 0.3) is 0 Å². The molecule has 5 heteroatoms. The van der Waals surface area contributed by atoms with Crippen molar-refractivity contribution < 1.29 is 14.6 Å². The third-order valence-electron chi connectivity index (χ3n) is 5.34. The fourth-order valence-corrected chi connectivity index (χ4v) is 4.49. The molecule has 22 heavy (non-hydrogen) atoms. The van der Waals surface area contributed by atoms with Gasteiger partial charge in [-0.25, -0.2) is 4.39 Å². The molecule has 1 aromatic carbocycles. The van der Waals surface area contributed by atoms with Crippen molar-refractivity contribution in [3.05, 3.63) is 29.6 Å². The number of fused-ring (bicyclic) bond motifs is 2. The average molecular weight is 330 g/mol. The van der Waals surface area contributed by atoms with Crippen molar-refractivity contribution in [1.29, 1.82) is 0 Å². The normalized spacial score (nSPS) is 33.8. The van der Waals surface area contributed by atoms with E-state index < -0.39 is 11.4 Å². The number of benzene rings is 1. The summed E-state index contributed by atoms with van der Waals surface area (Å²) in [6.07, 6.45) is 3.98. The monoisotopic (exact) mass is 329 g/mol. The Labute approximate surface area is 137 Å². The Bertz CT molecular complexity index is 539. The van der Waals surface area contributed by atoms with Crippen LogP contribution in [0, 0.1) is 23.6 Å². The van der Waals surface area contributed by atoms with Crippen molar-refractivity contribution in [3.8, 4) is 5.75 Å². The highest BCUT2D eigenvalue weighted by Crippen LogP contribution is 2.54. The minimum Gasteiger partial charge on any atom is -0.508 e. The van der Waals surface area contributed by atoms with E-state index in [1.165, 1.54) is 18.2 Å². The Kier molecular flexibility index (Phi) is 5.05. The summed E-state index contributed by atoms with van der Waals surface area (Å²) in [6, 6.07) is 4.00. The van der Waals surface area contributed by atoms with Crippen LogP contribution in [-0.4, -0.2) is 35.8 Å². The molecule has 0 radical (unpaired) electrons. The first-order valence-corrected chi connectivity index (χ1v) is 7.76. The molecule has 0 heterocycles. The summed E-state index contributed by atoms with van der Waals surface area (Å²) in [5.41, 5.74) is -0.900. The van der Waals surface area contributed by atoms with Gasteiger partial charge in [-0.05, 0) is 63.4 Å². The van der Waals surface area contributed by atoms with Crippen LogP contribution in [0.1, 0.15) is 31.2 Å². The minimum absolute atomic E-state index is 0. The summed E-state index contributed by atoms with van der Waals surface area (Å²) in [4.78, 5) is 2.06. The predicted octanol–water partition coefficient (Wildman–Crippen LogP) is 3.14. The fourth-order valence-electron chi connectivity index (χ4n) is 4.49. The Balaban J connectivity index is 0.00000176. The summed E-state index contributed by atoms with van der Waals surface area (Å²) in [5.74, 6) is 0.530. The summed E-state index contributed by atoms with van der Waals surface area (Å²) >= 11 is 0. The molecule has 0 unspecified atom stereocenters. The first-order valence-electron chi connectivity index (χ1n) is 7.76. The minimum atomic E-state index is -1.17. The maximum Gasteiger partial charge on any atom is 0.129 e. The van der Waals surface area contributed by atoms with E-state index in [1.807, 2.05) is 14.1 Å². The van der Waals surface area contributed by atoms with Gasteiger partial charge in [0.1, 0.15) is 11.6 Å². The lowest BCUT2D eigenvalue weighted by Crippen LogP contribution is -2.47. The lowest BCUT2D eigenvalue weighted by atomic mass is 9.65. The number of hydrogen-bond donors (Lipinski definition) is 2. The van der Waals surface area contributed by atoms with Gasteiger partial charge >= 0.3 is 0 Å². The van der Waals surface area contributed by atoms with Gasteiger partial charge in [0.2, 0.25) is 0 Å². The molecule has 2 saturated carbocycles. The zero-order chi connectivity index (χ0) is 15.2. The third-order valence-corrected chi connectivity index (χ3v) is 5.34. The molecule has 2 fully saturated rings. The van der Waals surface area contributed by atoms with Crippen LogP contribution in [0.3, 0.4) is 0 Å². The molecule has 1 aromatic rings. The molecule has 0 aliphatic heterocycles. The SMILES string of the molecule is CN(C)C[C@H]1[C@@H]2CC[C@@H](C2)C[C@]1(O)c1cc(O)ccc1F.Cl. The van der Waals surface area contributed by atoms with Crippen LogP contribution < -0.4 is 0 Å². The van der Waals surface area contributed by atoms with Crippen molar-refractivity contribution in [2.75, 3.05) is 20.6 Å². The quantitative estimate of drug-likeness (QED) is 0.895. The standard InChI is InChI=1S/C17H24FNO2.ClH/c1-19(2)10-15-12-4-3-11(7-12)9-17(15,21)14-8-13(20)5-6-16(14)18;/h5-6,8,11-12,15,20-21H,3-4,7,9-10H2,1-2H3;1H/t11-,12+,15-,17-;/m0./s1. The summed E-state index contributed by atoms with van der Waals surface area (Å²) in [7, 11) is 3.97. The van der Waals surface area contributed by atoms with E-state index in [0.29, 0.717) is 18.3 Å². The van der Waals surface area contributed by atoms with E-state index in [1.54, 1.807) is 0 Å². The molecule has 3 rings (SSSR count). The lowest BCUT2D eigenvalue weighted by Gasteiger charge is -2.45.